The predicted molar refractivity (Wildman–Crippen MR) is 98.3 cm³/mol. The van der Waals surface area contributed by atoms with Crippen LogP contribution < -0.4 is 0 Å². The molecule has 1 spiro atoms. The fraction of sp³-hybridized carbons (Fsp3) is 0.727. The zero-order valence-electron chi connectivity index (χ0n) is 16.9. The van der Waals surface area contributed by atoms with E-state index in [1.807, 2.05) is 6.92 Å². The van der Waals surface area contributed by atoms with Gasteiger partial charge in [-0.15, -0.1) is 0 Å². The Morgan fingerprint density at radius 3 is 2.75 bits per heavy atom. The molecule has 5 rings (SSSR count). The fourth-order valence-electron chi connectivity index (χ4n) is 6.76. The van der Waals surface area contributed by atoms with Crippen molar-refractivity contribution < 1.29 is 28.2 Å². The quantitative estimate of drug-likeness (QED) is 0.570. The number of fused-ring (bicyclic) bond motifs is 4. The van der Waals surface area contributed by atoms with Gasteiger partial charge < -0.3 is 18.6 Å². The lowest BCUT2D eigenvalue weighted by Gasteiger charge is -2.59. The van der Waals surface area contributed by atoms with E-state index < -0.39 is 11.5 Å². The van der Waals surface area contributed by atoms with Gasteiger partial charge in [-0.2, -0.15) is 0 Å². The van der Waals surface area contributed by atoms with Crippen LogP contribution in [0.1, 0.15) is 58.6 Å². The van der Waals surface area contributed by atoms with Gasteiger partial charge in [0.25, 0.3) is 0 Å². The van der Waals surface area contributed by atoms with Crippen LogP contribution in [0, 0.1) is 22.7 Å². The molecule has 6 nitrogen and oxygen atoms in total. The Bertz CT molecular complexity index is 817. The van der Waals surface area contributed by atoms with Gasteiger partial charge in [0.2, 0.25) is 0 Å². The van der Waals surface area contributed by atoms with E-state index in [1.54, 1.807) is 18.6 Å². The first-order chi connectivity index (χ1) is 13.2. The first-order valence-electron chi connectivity index (χ1n) is 10.3. The number of ketones is 1. The minimum Gasteiger partial charge on any atom is -0.472 e. The van der Waals surface area contributed by atoms with Gasteiger partial charge in [0.05, 0.1) is 36.3 Å². The van der Waals surface area contributed by atoms with Gasteiger partial charge in [-0.05, 0) is 38.2 Å². The zero-order valence-corrected chi connectivity index (χ0v) is 16.9. The van der Waals surface area contributed by atoms with Crippen molar-refractivity contribution in [3.05, 3.63) is 24.2 Å². The minimum atomic E-state index is -0.686. The number of Topliss-reactive ketones (excluding diaryl/α,β-unsaturated/α-hetero) is 1. The molecule has 0 N–H and O–H groups in total. The number of esters is 1. The van der Waals surface area contributed by atoms with Crippen LogP contribution in [0.2, 0.25) is 0 Å². The number of hydrogen-bond donors (Lipinski definition) is 0. The summed E-state index contributed by atoms with van der Waals surface area (Å²) >= 11 is 0. The van der Waals surface area contributed by atoms with Gasteiger partial charge >= 0.3 is 5.97 Å². The van der Waals surface area contributed by atoms with E-state index in [1.165, 1.54) is 6.92 Å². The average molecular weight is 388 g/mol. The third-order valence-electron chi connectivity index (χ3n) is 8.53. The number of epoxide rings is 1. The Morgan fingerprint density at radius 2 is 2.07 bits per heavy atom. The summed E-state index contributed by atoms with van der Waals surface area (Å²) in [6, 6.07) is 1.79. The smallest absolute Gasteiger partial charge is 0.302 e. The summed E-state index contributed by atoms with van der Waals surface area (Å²) in [5, 5.41) is 0. The summed E-state index contributed by atoms with van der Waals surface area (Å²) in [6.45, 7) is 8.22. The molecule has 4 aliphatic rings. The van der Waals surface area contributed by atoms with E-state index in [-0.39, 0.29) is 46.8 Å². The standard InChI is InChI=1S/C22H28O6/c1-12-15(27-13(2)23)9-20(3)16(5-6-17-21(20,4)28-17)22(12)11-26-18(19(22)24)14-7-8-25-10-14/h7-8,10,12,15-18H,5-6,9,11H2,1-4H3/t12-,15-,16+,17-,18+,20-,21-,22+/m1/s1. The van der Waals surface area contributed by atoms with Crippen LogP contribution >= 0.6 is 0 Å². The maximum Gasteiger partial charge on any atom is 0.302 e. The van der Waals surface area contributed by atoms with Crippen LogP contribution in [0.4, 0.5) is 0 Å². The molecule has 0 bridgehead atoms. The molecule has 1 aromatic heterocycles. The van der Waals surface area contributed by atoms with Crippen LogP contribution in [-0.4, -0.2) is 36.2 Å². The molecule has 8 atom stereocenters. The van der Waals surface area contributed by atoms with Gasteiger partial charge in [0.15, 0.2) is 5.78 Å². The molecular weight excluding hydrogens is 360 g/mol. The summed E-state index contributed by atoms with van der Waals surface area (Å²) in [4.78, 5) is 25.7. The highest BCUT2D eigenvalue weighted by Crippen LogP contribution is 2.71. The van der Waals surface area contributed by atoms with Gasteiger partial charge in [-0.3, -0.25) is 9.59 Å². The van der Waals surface area contributed by atoms with E-state index in [0.717, 1.165) is 24.8 Å². The topological polar surface area (TPSA) is 78.3 Å². The van der Waals surface area contributed by atoms with Gasteiger partial charge in [0.1, 0.15) is 12.2 Å². The van der Waals surface area contributed by atoms with Crippen molar-refractivity contribution in [2.24, 2.45) is 22.7 Å². The maximum absolute atomic E-state index is 13.9. The van der Waals surface area contributed by atoms with Crippen LogP contribution in [0.25, 0.3) is 0 Å². The molecule has 4 fully saturated rings. The van der Waals surface area contributed by atoms with Gasteiger partial charge in [-0.25, -0.2) is 0 Å². The summed E-state index contributed by atoms with van der Waals surface area (Å²) in [5.74, 6) is -0.189. The molecule has 2 saturated heterocycles. The molecule has 1 aromatic rings. The molecule has 6 heteroatoms. The lowest BCUT2D eigenvalue weighted by atomic mass is 9.43. The van der Waals surface area contributed by atoms with Crippen molar-refractivity contribution in [3.8, 4) is 0 Å². The predicted octanol–water partition coefficient (Wildman–Crippen LogP) is 3.45. The summed E-state index contributed by atoms with van der Waals surface area (Å²) in [7, 11) is 0. The van der Waals surface area contributed by atoms with Crippen molar-refractivity contribution in [1.29, 1.82) is 0 Å². The van der Waals surface area contributed by atoms with Crippen molar-refractivity contribution in [3.63, 3.8) is 0 Å². The lowest BCUT2D eigenvalue weighted by molar-refractivity contribution is -0.188. The molecule has 0 aromatic carbocycles. The van der Waals surface area contributed by atoms with E-state index in [2.05, 4.69) is 13.8 Å². The first-order valence-corrected chi connectivity index (χ1v) is 10.3. The highest BCUT2D eigenvalue weighted by molar-refractivity contribution is 5.92. The third kappa shape index (κ3) is 2.11. The van der Waals surface area contributed by atoms with Crippen LogP contribution in [-0.2, 0) is 23.8 Å². The molecule has 2 aliphatic heterocycles. The number of hydrogen-bond acceptors (Lipinski definition) is 6. The van der Waals surface area contributed by atoms with Gasteiger partial charge in [-0.1, -0.05) is 13.8 Å². The zero-order chi connectivity index (χ0) is 19.9. The van der Waals surface area contributed by atoms with Crippen LogP contribution in [0.5, 0.6) is 0 Å². The Hall–Kier alpha value is -1.66. The second-order valence-corrected chi connectivity index (χ2v) is 9.55. The number of rotatable bonds is 2. The summed E-state index contributed by atoms with van der Waals surface area (Å²) in [6.07, 6.45) is 5.06. The monoisotopic (exact) mass is 388 g/mol. The van der Waals surface area contributed by atoms with Crippen molar-refractivity contribution in [2.45, 2.75) is 70.9 Å². The minimum absolute atomic E-state index is 0.0946. The highest BCUT2D eigenvalue weighted by atomic mass is 16.6. The van der Waals surface area contributed by atoms with E-state index in [9.17, 15) is 9.59 Å². The van der Waals surface area contributed by atoms with Crippen molar-refractivity contribution in [1.82, 2.24) is 0 Å². The molecule has 0 unspecified atom stereocenters. The SMILES string of the molecule is CC(=O)O[C@@H]1C[C@]2(C)[C@H](CC[C@H]3O[C@]32C)[C@]2(CO[C@@H](c3ccoc3)C2=O)[C@@H]1C. The normalized spacial score (nSPS) is 49.6. The summed E-state index contributed by atoms with van der Waals surface area (Å²) < 4.78 is 23.2. The number of carbonyl (C=O) groups excluding carboxylic acids is 2. The average Bonchev–Trinajstić information content (AvgIpc) is 2.96. The van der Waals surface area contributed by atoms with Crippen LogP contribution in [0.3, 0.4) is 0 Å². The molecular formula is C22H28O6. The van der Waals surface area contributed by atoms with Crippen molar-refractivity contribution in [2.75, 3.05) is 6.61 Å². The molecule has 2 saturated carbocycles. The molecule has 0 radical (unpaired) electrons. The molecule has 0 amide bonds. The summed E-state index contributed by atoms with van der Waals surface area (Å²) in [5.41, 5.74) is -0.440. The molecule has 3 heterocycles. The Balaban J connectivity index is 1.60. The maximum atomic E-state index is 13.9. The Labute approximate surface area is 164 Å². The molecule has 28 heavy (non-hydrogen) atoms. The number of furan rings is 1. The van der Waals surface area contributed by atoms with E-state index in [4.69, 9.17) is 18.6 Å². The number of ether oxygens (including phenoxy) is 3. The Morgan fingerprint density at radius 1 is 1.29 bits per heavy atom. The van der Waals surface area contributed by atoms with Crippen LogP contribution in [0.15, 0.2) is 23.0 Å². The molecule has 152 valence electrons. The second-order valence-electron chi connectivity index (χ2n) is 9.55. The van der Waals surface area contributed by atoms with Crippen molar-refractivity contribution >= 4 is 11.8 Å². The largest absolute Gasteiger partial charge is 0.472 e. The Kier molecular flexibility index (Phi) is 3.74. The fourth-order valence-corrected chi connectivity index (χ4v) is 6.76. The van der Waals surface area contributed by atoms with Gasteiger partial charge in [0, 0.05) is 23.8 Å². The van der Waals surface area contributed by atoms with E-state index >= 15 is 0 Å². The second kappa shape index (κ2) is 5.70. The number of carbonyl (C=O) groups is 2. The van der Waals surface area contributed by atoms with E-state index in [0.29, 0.717) is 6.61 Å². The molecule has 2 aliphatic carbocycles. The first kappa shape index (κ1) is 18.4. The highest BCUT2D eigenvalue weighted by Gasteiger charge is 2.76. The third-order valence-corrected chi connectivity index (χ3v) is 8.53. The lowest BCUT2D eigenvalue weighted by Crippen LogP contribution is -2.64.